The van der Waals surface area contributed by atoms with E-state index in [1.165, 1.54) is 0 Å². The van der Waals surface area contributed by atoms with E-state index >= 15 is 0 Å². The second-order valence-corrected chi connectivity index (χ2v) is 1.94. The molecule has 0 fully saturated rings. The van der Waals surface area contributed by atoms with Crippen LogP contribution in [0.25, 0.3) is 0 Å². The highest BCUT2D eigenvalue weighted by Gasteiger charge is 1.70. The lowest BCUT2D eigenvalue weighted by atomic mass is 10.5. The Balaban J connectivity index is 3.13. The minimum absolute atomic E-state index is 0.899. The third-order valence-corrected chi connectivity index (χ3v) is 1.08. The van der Waals surface area contributed by atoms with Crippen molar-refractivity contribution >= 4 is 0 Å². The summed E-state index contributed by atoms with van der Waals surface area (Å²) in [5.74, 6) is 0.899. The molecule has 0 unspecified atom stereocenters. The van der Waals surface area contributed by atoms with E-state index in [4.69, 9.17) is 0 Å². The molecule has 0 bridgehead atoms. The summed E-state index contributed by atoms with van der Waals surface area (Å²) in [6.07, 6.45) is 3.61. The van der Waals surface area contributed by atoms with Gasteiger partial charge < -0.3 is 4.98 Å². The van der Waals surface area contributed by atoms with Gasteiger partial charge in [-0.2, -0.15) is 0 Å². The summed E-state index contributed by atoms with van der Waals surface area (Å²) in [5.41, 5.74) is 0. The van der Waals surface area contributed by atoms with Gasteiger partial charge in [0.2, 0.25) is 0 Å². The van der Waals surface area contributed by atoms with Crippen LogP contribution in [0, 0.1) is 6.92 Å². The molecule has 0 aliphatic rings. The van der Waals surface area contributed by atoms with Crippen molar-refractivity contribution in [1.29, 1.82) is 0 Å². The van der Waals surface area contributed by atoms with E-state index in [-0.39, 0.29) is 0 Å². The van der Waals surface area contributed by atoms with Crippen LogP contribution >= 0.6 is 0 Å². The smallest absolute Gasteiger partial charge is 0.102 e. The quantitative estimate of drug-likeness (QED) is 0.576. The maximum atomic E-state index is 4.07. The molecule has 2 nitrogen and oxygen atoms in total. The summed E-state index contributed by atoms with van der Waals surface area (Å²) in [6, 6.07) is 7.69. The fourth-order valence-corrected chi connectivity index (χ4v) is 0.594. The predicted octanol–water partition coefficient (Wildman–Crippen LogP) is 1.84. The van der Waals surface area contributed by atoms with Gasteiger partial charge in [0.25, 0.3) is 0 Å². The molecule has 0 saturated heterocycles. The number of hydrogen-bond acceptors (Lipinski definition) is 1. The standard InChI is InChI=1S/C8H10N2/c1-8-9-6-4-2-3-5-7-10-8/h2-7H,1H3,(H,9,10). The van der Waals surface area contributed by atoms with Crippen LogP contribution < -0.4 is 0 Å². The van der Waals surface area contributed by atoms with Crippen molar-refractivity contribution in [1.82, 2.24) is 9.97 Å². The maximum absolute atomic E-state index is 4.07. The molecule has 52 valence electrons. The molecule has 1 aromatic heterocycles. The Labute approximate surface area is 60.3 Å². The molecular weight excluding hydrogens is 124 g/mol. The molecular formula is C8H10N2. The zero-order chi connectivity index (χ0) is 7.23. The molecule has 10 heavy (non-hydrogen) atoms. The lowest BCUT2D eigenvalue weighted by Crippen LogP contribution is -1.75. The summed E-state index contributed by atoms with van der Waals surface area (Å²) < 4.78 is 0. The van der Waals surface area contributed by atoms with Gasteiger partial charge >= 0.3 is 0 Å². The lowest BCUT2D eigenvalue weighted by molar-refractivity contribution is 1.08. The van der Waals surface area contributed by atoms with Crippen molar-refractivity contribution in [3.63, 3.8) is 0 Å². The average molecular weight is 134 g/mol. The Morgan fingerprint density at radius 1 is 1.20 bits per heavy atom. The van der Waals surface area contributed by atoms with Gasteiger partial charge in [-0.25, -0.2) is 4.98 Å². The molecule has 0 aromatic carbocycles. The van der Waals surface area contributed by atoms with E-state index in [1.807, 2.05) is 37.4 Å². The fourth-order valence-electron chi connectivity index (χ4n) is 0.594. The van der Waals surface area contributed by atoms with Gasteiger partial charge in [-0.1, -0.05) is 12.1 Å². The Kier molecular flexibility index (Phi) is 2.49. The Hall–Kier alpha value is -1.31. The van der Waals surface area contributed by atoms with Crippen LogP contribution in [0.15, 0.2) is 36.7 Å². The van der Waals surface area contributed by atoms with E-state index in [0.717, 1.165) is 5.82 Å². The zero-order valence-electron chi connectivity index (χ0n) is 5.91. The van der Waals surface area contributed by atoms with E-state index in [2.05, 4.69) is 9.97 Å². The van der Waals surface area contributed by atoms with Crippen LogP contribution in [-0.4, -0.2) is 9.97 Å². The first kappa shape index (κ1) is 6.81. The van der Waals surface area contributed by atoms with E-state index in [9.17, 15) is 0 Å². The highest BCUT2D eigenvalue weighted by atomic mass is 14.8. The van der Waals surface area contributed by atoms with Gasteiger partial charge in [-0.3, -0.25) is 0 Å². The Morgan fingerprint density at radius 3 is 2.90 bits per heavy atom. The molecule has 0 saturated carbocycles. The molecule has 2 heteroatoms. The maximum Gasteiger partial charge on any atom is 0.102 e. The first-order valence-corrected chi connectivity index (χ1v) is 3.19. The normalized spacial score (nSPS) is 8.50. The molecule has 1 heterocycles. The fraction of sp³-hybridized carbons (Fsp3) is 0.125. The molecule has 0 aliphatic heterocycles. The SMILES string of the molecule is Cc1ncccccc[nH]1. The van der Waals surface area contributed by atoms with Crippen LogP contribution in [0.2, 0.25) is 0 Å². The van der Waals surface area contributed by atoms with E-state index in [0.29, 0.717) is 0 Å². The average Bonchev–Trinajstić information content (AvgIpc) is 2.02. The largest absolute Gasteiger partial charge is 0.350 e. The Bertz CT molecular complexity index is 215. The lowest BCUT2D eigenvalue weighted by Gasteiger charge is -1.79. The summed E-state index contributed by atoms with van der Waals surface area (Å²) in [4.78, 5) is 7.06. The number of aromatic amines is 1. The van der Waals surface area contributed by atoms with Crippen LogP contribution in [0.5, 0.6) is 0 Å². The summed E-state index contributed by atoms with van der Waals surface area (Å²) in [7, 11) is 0. The van der Waals surface area contributed by atoms with Crippen molar-refractivity contribution in [3.8, 4) is 0 Å². The first-order chi connectivity index (χ1) is 4.89. The second-order valence-electron chi connectivity index (χ2n) is 1.94. The van der Waals surface area contributed by atoms with Crippen LogP contribution in [-0.2, 0) is 0 Å². The number of nitrogens with one attached hydrogen (secondary N) is 1. The molecule has 0 atom stereocenters. The summed E-state index contributed by atoms with van der Waals surface area (Å²) in [5, 5.41) is 0. The molecule has 1 rings (SSSR count). The second kappa shape index (κ2) is 3.67. The van der Waals surface area contributed by atoms with Gasteiger partial charge in [0, 0.05) is 12.4 Å². The molecule has 0 amide bonds. The number of aromatic nitrogens is 2. The minimum Gasteiger partial charge on any atom is -0.350 e. The first-order valence-electron chi connectivity index (χ1n) is 3.19. The molecule has 1 N–H and O–H groups in total. The number of nitrogens with zero attached hydrogens (tertiary/aromatic N) is 1. The van der Waals surface area contributed by atoms with Gasteiger partial charge in [-0.05, 0) is 19.1 Å². The van der Waals surface area contributed by atoms with Crippen molar-refractivity contribution in [2.75, 3.05) is 0 Å². The van der Waals surface area contributed by atoms with E-state index in [1.54, 1.807) is 6.20 Å². The van der Waals surface area contributed by atoms with Gasteiger partial charge in [-0.15, -0.1) is 0 Å². The molecule has 0 aliphatic carbocycles. The number of H-pyrrole nitrogens is 1. The van der Waals surface area contributed by atoms with Crippen LogP contribution in [0.4, 0.5) is 0 Å². The Morgan fingerprint density at radius 2 is 2.00 bits per heavy atom. The molecule has 1 aromatic rings. The number of rotatable bonds is 0. The highest BCUT2D eigenvalue weighted by Crippen LogP contribution is 1.79. The predicted molar refractivity (Wildman–Crippen MR) is 41.0 cm³/mol. The van der Waals surface area contributed by atoms with Crippen LogP contribution in [0.1, 0.15) is 5.82 Å². The van der Waals surface area contributed by atoms with Gasteiger partial charge in [0.1, 0.15) is 5.82 Å². The molecule has 0 radical (unpaired) electrons. The minimum atomic E-state index is 0.899. The monoisotopic (exact) mass is 134 g/mol. The summed E-state index contributed by atoms with van der Waals surface area (Å²) in [6.45, 7) is 1.92. The third kappa shape index (κ3) is 2.31. The van der Waals surface area contributed by atoms with Crippen molar-refractivity contribution in [3.05, 3.63) is 42.5 Å². The van der Waals surface area contributed by atoms with Gasteiger partial charge in [0.15, 0.2) is 0 Å². The van der Waals surface area contributed by atoms with Crippen LogP contribution in [0.3, 0.4) is 0 Å². The highest BCUT2D eigenvalue weighted by molar-refractivity contribution is 4.90. The van der Waals surface area contributed by atoms with Crippen molar-refractivity contribution in [2.24, 2.45) is 0 Å². The van der Waals surface area contributed by atoms with Gasteiger partial charge in [0.05, 0.1) is 0 Å². The number of aryl methyl sites for hydroxylation is 1. The molecule has 0 spiro atoms. The van der Waals surface area contributed by atoms with Crippen molar-refractivity contribution in [2.45, 2.75) is 6.92 Å². The van der Waals surface area contributed by atoms with E-state index < -0.39 is 0 Å². The zero-order valence-corrected chi connectivity index (χ0v) is 5.91. The topological polar surface area (TPSA) is 28.7 Å². The third-order valence-electron chi connectivity index (χ3n) is 1.08. The van der Waals surface area contributed by atoms with Crippen molar-refractivity contribution < 1.29 is 0 Å². The number of hydrogen-bond donors (Lipinski definition) is 1. The summed E-state index contributed by atoms with van der Waals surface area (Å²) >= 11 is 0.